The van der Waals surface area contributed by atoms with E-state index in [2.05, 4.69) is 67.0 Å². The minimum atomic E-state index is 0. The fraction of sp³-hybridized carbons (Fsp3) is 0.348. The lowest BCUT2D eigenvalue weighted by Gasteiger charge is -2.17. The van der Waals surface area contributed by atoms with E-state index in [9.17, 15) is 0 Å². The summed E-state index contributed by atoms with van der Waals surface area (Å²) in [4.78, 5) is 11.3. The summed E-state index contributed by atoms with van der Waals surface area (Å²) in [6, 6.07) is 14.6. The van der Waals surface area contributed by atoms with Gasteiger partial charge in [0.15, 0.2) is 5.96 Å². The Kier molecular flexibility index (Phi) is 8.69. The number of halogens is 1. The van der Waals surface area contributed by atoms with Gasteiger partial charge in [-0.05, 0) is 41.7 Å². The number of hydrogen-bond acceptors (Lipinski definition) is 4. The van der Waals surface area contributed by atoms with Crippen molar-refractivity contribution in [3.05, 3.63) is 77.7 Å². The highest BCUT2D eigenvalue weighted by molar-refractivity contribution is 14.0. The van der Waals surface area contributed by atoms with Crippen LogP contribution in [0.1, 0.15) is 29.5 Å². The maximum absolute atomic E-state index is 4.62. The molecule has 1 fully saturated rings. The van der Waals surface area contributed by atoms with Crippen LogP contribution in [0.2, 0.25) is 0 Å². The van der Waals surface area contributed by atoms with Crippen LogP contribution in [-0.4, -0.2) is 40.9 Å². The molecule has 0 radical (unpaired) electrons. The van der Waals surface area contributed by atoms with Gasteiger partial charge in [0.1, 0.15) is 5.82 Å². The Morgan fingerprint density at radius 1 is 1.00 bits per heavy atom. The number of aromatic nitrogens is 3. The van der Waals surface area contributed by atoms with Gasteiger partial charge in [0.25, 0.3) is 0 Å². The van der Waals surface area contributed by atoms with Crippen LogP contribution in [0, 0.1) is 0 Å². The molecule has 3 aromatic rings. The zero-order valence-electron chi connectivity index (χ0n) is 17.9. The molecule has 2 N–H and O–H groups in total. The summed E-state index contributed by atoms with van der Waals surface area (Å²) in [5.74, 6) is 1.85. The molecule has 0 saturated carbocycles. The van der Waals surface area contributed by atoms with E-state index in [1.165, 1.54) is 24.0 Å². The van der Waals surface area contributed by atoms with Crippen molar-refractivity contribution < 1.29 is 0 Å². The molecule has 8 heteroatoms. The number of aliphatic imine (C=N–C) groups is 1. The summed E-state index contributed by atoms with van der Waals surface area (Å²) in [6.07, 6.45) is 8.26. The molecule has 4 rings (SSSR count). The van der Waals surface area contributed by atoms with Gasteiger partial charge in [-0.15, -0.1) is 24.0 Å². The summed E-state index contributed by atoms with van der Waals surface area (Å²) in [6.45, 7) is 4.36. The van der Waals surface area contributed by atoms with Crippen LogP contribution >= 0.6 is 24.0 Å². The number of hydrogen-bond donors (Lipinski definition) is 2. The van der Waals surface area contributed by atoms with Crippen LogP contribution in [0.3, 0.4) is 0 Å². The van der Waals surface area contributed by atoms with Gasteiger partial charge in [0.2, 0.25) is 0 Å². The summed E-state index contributed by atoms with van der Waals surface area (Å²) in [7, 11) is 1.79. The second-order valence-corrected chi connectivity index (χ2v) is 7.47. The monoisotopic (exact) mass is 531 g/mol. The summed E-state index contributed by atoms with van der Waals surface area (Å²) in [5, 5.41) is 11.1. The second kappa shape index (κ2) is 11.7. The molecule has 1 aromatic carbocycles. The molecule has 7 nitrogen and oxygen atoms in total. The number of guanidine groups is 1. The predicted molar refractivity (Wildman–Crippen MR) is 136 cm³/mol. The highest BCUT2D eigenvalue weighted by Crippen LogP contribution is 2.17. The number of nitrogens with one attached hydrogen (secondary N) is 2. The molecule has 1 saturated heterocycles. The van der Waals surface area contributed by atoms with Gasteiger partial charge >= 0.3 is 0 Å². The van der Waals surface area contributed by atoms with Crippen molar-refractivity contribution in [2.45, 2.75) is 32.5 Å². The maximum Gasteiger partial charge on any atom is 0.191 e. The van der Waals surface area contributed by atoms with E-state index in [1.54, 1.807) is 13.2 Å². The second-order valence-electron chi connectivity index (χ2n) is 7.47. The third kappa shape index (κ3) is 6.43. The topological polar surface area (TPSA) is 70.4 Å². The first-order valence-corrected chi connectivity index (χ1v) is 10.5. The van der Waals surface area contributed by atoms with E-state index in [4.69, 9.17) is 0 Å². The number of anilines is 1. The van der Waals surface area contributed by atoms with E-state index in [-0.39, 0.29) is 24.0 Å². The SMILES string of the molecule is CN=C(NCc1ccc(N2CCCC2)nc1)NCc1ccccc1Cn1cccn1.I. The summed E-state index contributed by atoms with van der Waals surface area (Å²) >= 11 is 0. The van der Waals surface area contributed by atoms with Crippen LogP contribution < -0.4 is 15.5 Å². The standard InChI is InChI=1S/C23H29N7.HI/c1-24-23(26-16-19-9-10-22(25-15-19)29-12-4-5-13-29)27-17-20-7-2-3-8-21(20)18-30-14-6-11-28-30;/h2-3,6-11,14-15H,4-5,12-13,16-18H2,1H3,(H2,24,26,27);1H. The Balaban J connectivity index is 0.00000272. The summed E-state index contributed by atoms with van der Waals surface area (Å²) in [5.41, 5.74) is 3.61. The molecule has 1 aliphatic heterocycles. The van der Waals surface area contributed by atoms with Crippen molar-refractivity contribution in [3.8, 4) is 0 Å². The van der Waals surface area contributed by atoms with Gasteiger partial charge in [0.05, 0.1) is 6.54 Å². The average Bonchev–Trinajstić information content (AvgIpc) is 3.50. The molecule has 164 valence electrons. The molecular formula is C23H30IN7. The molecule has 0 amide bonds. The average molecular weight is 531 g/mol. The number of pyridine rings is 1. The Labute approximate surface area is 201 Å². The minimum absolute atomic E-state index is 0. The fourth-order valence-corrected chi connectivity index (χ4v) is 3.69. The predicted octanol–water partition coefficient (Wildman–Crippen LogP) is 3.41. The zero-order chi connectivity index (χ0) is 20.6. The lowest BCUT2D eigenvalue weighted by atomic mass is 10.1. The first-order valence-electron chi connectivity index (χ1n) is 10.5. The minimum Gasteiger partial charge on any atom is -0.357 e. The Morgan fingerprint density at radius 2 is 1.77 bits per heavy atom. The smallest absolute Gasteiger partial charge is 0.191 e. The van der Waals surface area contributed by atoms with Crippen LogP contribution in [0.25, 0.3) is 0 Å². The number of rotatable bonds is 7. The first-order chi connectivity index (χ1) is 14.8. The van der Waals surface area contributed by atoms with Crippen molar-refractivity contribution in [1.29, 1.82) is 0 Å². The molecule has 0 spiro atoms. The highest BCUT2D eigenvalue weighted by Gasteiger charge is 2.13. The van der Waals surface area contributed by atoms with E-state index >= 15 is 0 Å². The molecule has 0 aliphatic carbocycles. The van der Waals surface area contributed by atoms with Gasteiger partial charge in [-0.25, -0.2) is 4.98 Å². The van der Waals surface area contributed by atoms with Crippen molar-refractivity contribution in [2.24, 2.45) is 4.99 Å². The van der Waals surface area contributed by atoms with Crippen molar-refractivity contribution >= 4 is 35.8 Å². The van der Waals surface area contributed by atoms with Crippen molar-refractivity contribution in [2.75, 3.05) is 25.0 Å². The molecule has 0 bridgehead atoms. The Morgan fingerprint density at radius 3 is 2.45 bits per heavy atom. The molecule has 2 aromatic heterocycles. The van der Waals surface area contributed by atoms with E-state index < -0.39 is 0 Å². The molecule has 3 heterocycles. The van der Waals surface area contributed by atoms with Crippen molar-refractivity contribution in [1.82, 2.24) is 25.4 Å². The van der Waals surface area contributed by atoms with E-state index in [0.29, 0.717) is 13.1 Å². The van der Waals surface area contributed by atoms with E-state index in [0.717, 1.165) is 37.0 Å². The molecule has 31 heavy (non-hydrogen) atoms. The lowest BCUT2D eigenvalue weighted by molar-refractivity contribution is 0.677. The van der Waals surface area contributed by atoms with Gasteiger partial charge in [-0.3, -0.25) is 9.67 Å². The molecular weight excluding hydrogens is 501 g/mol. The fourth-order valence-electron chi connectivity index (χ4n) is 3.69. The van der Waals surface area contributed by atoms with Gasteiger partial charge in [-0.1, -0.05) is 30.3 Å². The number of benzene rings is 1. The van der Waals surface area contributed by atoms with Crippen LogP contribution in [0.15, 0.2) is 66.0 Å². The van der Waals surface area contributed by atoms with E-state index in [1.807, 2.05) is 23.1 Å². The third-order valence-electron chi connectivity index (χ3n) is 5.38. The lowest BCUT2D eigenvalue weighted by Crippen LogP contribution is -2.36. The molecule has 0 unspecified atom stereocenters. The Hall–Kier alpha value is -2.62. The van der Waals surface area contributed by atoms with Gasteiger partial charge in [-0.2, -0.15) is 5.10 Å². The van der Waals surface area contributed by atoms with Gasteiger partial charge in [0, 0.05) is 51.8 Å². The van der Waals surface area contributed by atoms with Crippen LogP contribution in [0.5, 0.6) is 0 Å². The maximum atomic E-state index is 4.62. The largest absolute Gasteiger partial charge is 0.357 e. The Bertz CT molecular complexity index is 948. The summed E-state index contributed by atoms with van der Waals surface area (Å²) < 4.78 is 1.94. The normalized spacial score (nSPS) is 13.7. The zero-order valence-corrected chi connectivity index (χ0v) is 20.2. The third-order valence-corrected chi connectivity index (χ3v) is 5.38. The van der Waals surface area contributed by atoms with Crippen molar-refractivity contribution in [3.63, 3.8) is 0 Å². The highest BCUT2D eigenvalue weighted by atomic mass is 127. The first kappa shape index (κ1) is 23.1. The van der Waals surface area contributed by atoms with Crippen LogP contribution in [-0.2, 0) is 19.6 Å². The van der Waals surface area contributed by atoms with Gasteiger partial charge < -0.3 is 15.5 Å². The van der Waals surface area contributed by atoms with Crippen LogP contribution in [0.4, 0.5) is 5.82 Å². The molecule has 0 atom stereocenters. The number of nitrogens with zero attached hydrogens (tertiary/aromatic N) is 5. The quantitative estimate of drug-likeness (QED) is 0.278. The molecule has 1 aliphatic rings.